The molecule has 2 N–H and O–H groups in total. The maximum Gasteiger partial charge on any atom is 0.161 e. The average molecular weight is 244 g/mol. The minimum absolute atomic E-state index is 0.0277. The summed E-state index contributed by atoms with van der Waals surface area (Å²) >= 11 is 0. The van der Waals surface area contributed by atoms with Gasteiger partial charge >= 0.3 is 0 Å². The van der Waals surface area contributed by atoms with E-state index in [-0.39, 0.29) is 11.5 Å². The summed E-state index contributed by atoms with van der Waals surface area (Å²) in [5.74, 6) is 1.45. The van der Waals surface area contributed by atoms with Crippen molar-refractivity contribution in [2.75, 3.05) is 13.2 Å². The molecule has 4 nitrogen and oxygen atoms in total. The number of phenolic OH excluding ortho intramolecular Hbond substituents is 2. The maximum atomic E-state index is 9.48. The van der Waals surface area contributed by atoms with E-state index in [2.05, 4.69) is 0 Å². The second kappa shape index (κ2) is 4.14. The van der Waals surface area contributed by atoms with Gasteiger partial charge in [-0.1, -0.05) is 6.07 Å². The summed E-state index contributed by atoms with van der Waals surface area (Å²) < 4.78 is 10.9. The quantitative estimate of drug-likeness (QED) is 0.809. The predicted octanol–water partition coefficient (Wildman–Crippen LogP) is 2.54. The van der Waals surface area contributed by atoms with Crippen LogP contribution in [0.15, 0.2) is 36.4 Å². The van der Waals surface area contributed by atoms with E-state index in [1.165, 1.54) is 6.07 Å². The standard InChI is InChI=1S/C14H12O4/c15-11-5-10(6-12(16)8-11)9-1-2-13-14(7-9)18-4-3-17-13/h1-2,5-8,15-16H,3-4H2. The van der Waals surface area contributed by atoms with Crippen LogP contribution in [0.5, 0.6) is 23.0 Å². The van der Waals surface area contributed by atoms with Gasteiger partial charge in [0.2, 0.25) is 0 Å². The van der Waals surface area contributed by atoms with E-state index in [9.17, 15) is 10.2 Å². The molecule has 4 heteroatoms. The fraction of sp³-hybridized carbons (Fsp3) is 0.143. The van der Waals surface area contributed by atoms with Crippen molar-refractivity contribution in [2.24, 2.45) is 0 Å². The van der Waals surface area contributed by atoms with Crippen LogP contribution in [0.25, 0.3) is 11.1 Å². The summed E-state index contributed by atoms with van der Waals surface area (Å²) in [6, 6.07) is 9.99. The Morgan fingerprint density at radius 3 is 2.11 bits per heavy atom. The lowest BCUT2D eigenvalue weighted by Gasteiger charge is -2.19. The van der Waals surface area contributed by atoms with Gasteiger partial charge in [-0.25, -0.2) is 0 Å². The molecule has 0 amide bonds. The van der Waals surface area contributed by atoms with Crippen LogP contribution in [-0.4, -0.2) is 23.4 Å². The molecule has 3 rings (SSSR count). The number of aromatic hydroxyl groups is 2. The summed E-state index contributed by atoms with van der Waals surface area (Å²) in [5, 5.41) is 19.0. The van der Waals surface area contributed by atoms with Gasteiger partial charge in [-0.3, -0.25) is 0 Å². The third-order valence-electron chi connectivity index (χ3n) is 2.78. The Hall–Kier alpha value is -2.36. The van der Waals surface area contributed by atoms with E-state index in [1.807, 2.05) is 18.2 Å². The van der Waals surface area contributed by atoms with Crippen LogP contribution in [-0.2, 0) is 0 Å². The van der Waals surface area contributed by atoms with Gasteiger partial charge in [-0.15, -0.1) is 0 Å². The van der Waals surface area contributed by atoms with E-state index in [1.54, 1.807) is 12.1 Å². The summed E-state index contributed by atoms with van der Waals surface area (Å²) in [6.45, 7) is 1.08. The van der Waals surface area contributed by atoms with Crippen LogP contribution in [0.4, 0.5) is 0 Å². The van der Waals surface area contributed by atoms with Gasteiger partial charge in [0.15, 0.2) is 11.5 Å². The molecule has 0 aliphatic carbocycles. The van der Waals surface area contributed by atoms with Crippen LogP contribution >= 0.6 is 0 Å². The molecule has 92 valence electrons. The molecule has 1 aliphatic rings. The highest BCUT2D eigenvalue weighted by Gasteiger charge is 2.12. The van der Waals surface area contributed by atoms with Gasteiger partial charge < -0.3 is 19.7 Å². The highest BCUT2D eigenvalue weighted by Crippen LogP contribution is 2.36. The molecule has 18 heavy (non-hydrogen) atoms. The molecule has 1 aliphatic heterocycles. The van der Waals surface area contributed by atoms with Crippen molar-refractivity contribution < 1.29 is 19.7 Å². The Morgan fingerprint density at radius 2 is 1.39 bits per heavy atom. The van der Waals surface area contributed by atoms with Gasteiger partial charge in [0, 0.05) is 6.07 Å². The van der Waals surface area contributed by atoms with Gasteiger partial charge in [0.05, 0.1) is 0 Å². The zero-order valence-corrected chi connectivity index (χ0v) is 9.59. The number of phenols is 2. The smallest absolute Gasteiger partial charge is 0.161 e. The van der Waals surface area contributed by atoms with Crippen molar-refractivity contribution in [3.63, 3.8) is 0 Å². The van der Waals surface area contributed by atoms with Crippen LogP contribution in [0, 0.1) is 0 Å². The zero-order valence-electron chi connectivity index (χ0n) is 9.59. The van der Waals surface area contributed by atoms with Crippen molar-refractivity contribution in [2.45, 2.75) is 0 Å². The Bertz CT molecular complexity index is 572. The first-order chi connectivity index (χ1) is 8.72. The van der Waals surface area contributed by atoms with Gasteiger partial charge in [0.1, 0.15) is 24.7 Å². The van der Waals surface area contributed by atoms with E-state index in [4.69, 9.17) is 9.47 Å². The molecule has 0 fully saturated rings. The van der Waals surface area contributed by atoms with Crippen molar-refractivity contribution in [1.29, 1.82) is 0 Å². The summed E-state index contributed by atoms with van der Waals surface area (Å²) in [6.07, 6.45) is 0. The Morgan fingerprint density at radius 1 is 0.722 bits per heavy atom. The largest absolute Gasteiger partial charge is 0.508 e. The average Bonchev–Trinajstić information content (AvgIpc) is 2.37. The fourth-order valence-electron chi connectivity index (χ4n) is 1.98. The lowest BCUT2D eigenvalue weighted by molar-refractivity contribution is 0.171. The van der Waals surface area contributed by atoms with E-state index < -0.39 is 0 Å². The lowest BCUT2D eigenvalue weighted by atomic mass is 10.0. The Labute approximate surface area is 104 Å². The first kappa shape index (κ1) is 10.8. The minimum Gasteiger partial charge on any atom is -0.508 e. The molecule has 0 atom stereocenters. The molecule has 0 saturated heterocycles. The van der Waals surface area contributed by atoms with Crippen LogP contribution < -0.4 is 9.47 Å². The molecule has 0 bridgehead atoms. The fourth-order valence-corrected chi connectivity index (χ4v) is 1.98. The van der Waals surface area contributed by atoms with Gasteiger partial charge in [-0.2, -0.15) is 0 Å². The van der Waals surface area contributed by atoms with Gasteiger partial charge in [0.25, 0.3) is 0 Å². The highest BCUT2D eigenvalue weighted by atomic mass is 16.6. The SMILES string of the molecule is Oc1cc(O)cc(-c2ccc3c(c2)OCCO3)c1. The number of hydrogen-bond donors (Lipinski definition) is 2. The molecule has 2 aromatic rings. The molecule has 1 heterocycles. The van der Waals surface area contributed by atoms with Crippen molar-refractivity contribution in [1.82, 2.24) is 0 Å². The topological polar surface area (TPSA) is 58.9 Å². The number of hydrogen-bond acceptors (Lipinski definition) is 4. The molecule has 2 aromatic carbocycles. The number of benzene rings is 2. The molecular formula is C14H12O4. The Kier molecular flexibility index (Phi) is 2.48. The zero-order chi connectivity index (χ0) is 12.5. The minimum atomic E-state index is 0.0277. The lowest BCUT2D eigenvalue weighted by Crippen LogP contribution is -2.15. The monoisotopic (exact) mass is 244 g/mol. The molecule has 0 spiro atoms. The first-order valence-electron chi connectivity index (χ1n) is 5.65. The summed E-state index contributed by atoms with van der Waals surface area (Å²) in [5.41, 5.74) is 1.58. The van der Waals surface area contributed by atoms with E-state index in [0.29, 0.717) is 19.0 Å². The van der Waals surface area contributed by atoms with E-state index >= 15 is 0 Å². The normalized spacial score (nSPS) is 13.3. The highest BCUT2D eigenvalue weighted by molar-refractivity contribution is 5.70. The molecule has 0 saturated carbocycles. The van der Waals surface area contributed by atoms with Crippen molar-refractivity contribution in [3.05, 3.63) is 36.4 Å². The van der Waals surface area contributed by atoms with Crippen LogP contribution in [0.2, 0.25) is 0 Å². The summed E-state index contributed by atoms with van der Waals surface area (Å²) in [4.78, 5) is 0. The maximum absolute atomic E-state index is 9.48. The molecule has 0 unspecified atom stereocenters. The number of rotatable bonds is 1. The molecule has 0 radical (unpaired) electrons. The Balaban J connectivity index is 2.06. The molecular weight excluding hydrogens is 232 g/mol. The van der Waals surface area contributed by atoms with Crippen molar-refractivity contribution >= 4 is 0 Å². The second-order valence-corrected chi connectivity index (χ2v) is 4.10. The van der Waals surface area contributed by atoms with Crippen LogP contribution in [0.1, 0.15) is 0 Å². The van der Waals surface area contributed by atoms with Crippen LogP contribution in [0.3, 0.4) is 0 Å². The third kappa shape index (κ3) is 1.93. The third-order valence-corrected chi connectivity index (χ3v) is 2.78. The first-order valence-corrected chi connectivity index (χ1v) is 5.65. The van der Waals surface area contributed by atoms with E-state index in [0.717, 1.165) is 16.9 Å². The summed E-state index contributed by atoms with van der Waals surface area (Å²) in [7, 11) is 0. The van der Waals surface area contributed by atoms with Gasteiger partial charge in [-0.05, 0) is 35.4 Å². The molecule has 0 aromatic heterocycles. The predicted molar refractivity (Wildman–Crippen MR) is 66.2 cm³/mol. The number of ether oxygens (including phenoxy) is 2. The number of fused-ring (bicyclic) bond motifs is 1. The second-order valence-electron chi connectivity index (χ2n) is 4.10. The van der Waals surface area contributed by atoms with Crippen molar-refractivity contribution in [3.8, 4) is 34.1 Å².